The van der Waals surface area contributed by atoms with Crippen molar-refractivity contribution in [1.29, 1.82) is 0 Å². The first-order valence-corrected chi connectivity index (χ1v) is 12.3. The van der Waals surface area contributed by atoms with Crippen LogP contribution in [0.2, 0.25) is 0 Å². The van der Waals surface area contributed by atoms with Gasteiger partial charge in [0, 0.05) is 30.1 Å². The Morgan fingerprint density at radius 1 is 1.03 bits per heavy atom. The quantitative estimate of drug-likeness (QED) is 0.354. The molecular weight excluding hydrogens is 482 g/mol. The molecule has 0 aliphatic carbocycles. The van der Waals surface area contributed by atoms with E-state index in [0.717, 1.165) is 58.0 Å². The van der Waals surface area contributed by atoms with E-state index >= 15 is 0 Å². The minimum Gasteiger partial charge on any atom is -0.496 e. The summed E-state index contributed by atoms with van der Waals surface area (Å²) in [6.45, 7) is 2.84. The fourth-order valence-electron chi connectivity index (χ4n) is 4.74. The normalized spacial score (nSPS) is 14.0. The van der Waals surface area contributed by atoms with E-state index in [1.54, 1.807) is 37.6 Å². The van der Waals surface area contributed by atoms with Crippen molar-refractivity contribution in [2.24, 2.45) is 0 Å². The molecule has 1 fully saturated rings. The Hall–Kier alpha value is -4.76. The van der Waals surface area contributed by atoms with Gasteiger partial charge in [-0.3, -0.25) is 0 Å². The van der Waals surface area contributed by atoms with Crippen LogP contribution < -0.4 is 9.64 Å². The third-order valence-corrected chi connectivity index (χ3v) is 6.61. The number of anilines is 1. The van der Waals surface area contributed by atoms with Crippen molar-refractivity contribution in [2.45, 2.75) is 0 Å². The summed E-state index contributed by atoms with van der Waals surface area (Å²) in [5, 5.41) is 14.9. The summed E-state index contributed by atoms with van der Waals surface area (Å²) in [7, 11) is 1.65. The average Bonchev–Trinajstić information content (AvgIpc) is 3.34. The Balaban J connectivity index is 1.50. The summed E-state index contributed by atoms with van der Waals surface area (Å²) in [5.41, 5.74) is 5.72. The number of methoxy groups -OCH3 is 1. The van der Waals surface area contributed by atoms with Crippen LogP contribution in [0.5, 0.6) is 5.75 Å². The maximum Gasteiger partial charge on any atom is 0.335 e. The number of aromatic nitrogens is 4. The van der Waals surface area contributed by atoms with Crippen molar-refractivity contribution in [3.63, 3.8) is 0 Å². The molecule has 6 rings (SSSR count). The number of fused-ring (bicyclic) bond motifs is 2. The number of carboxylic acids is 1. The van der Waals surface area contributed by atoms with Gasteiger partial charge in [0.1, 0.15) is 11.4 Å². The van der Waals surface area contributed by atoms with Crippen molar-refractivity contribution >= 4 is 40.4 Å². The molecule has 1 aliphatic heterocycles. The number of para-hydroxylation sites is 1. The van der Waals surface area contributed by atoms with Crippen molar-refractivity contribution in [3.8, 4) is 17.0 Å². The Morgan fingerprint density at radius 3 is 2.58 bits per heavy atom. The third kappa shape index (κ3) is 4.33. The topological polar surface area (TPSA) is 102 Å². The van der Waals surface area contributed by atoms with Gasteiger partial charge in [-0.1, -0.05) is 24.3 Å². The molecule has 1 saturated heterocycles. The molecule has 38 heavy (non-hydrogen) atoms. The molecule has 0 unspecified atom stereocenters. The number of ether oxygens (including phenoxy) is 2. The molecule has 5 aromatic rings. The highest BCUT2D eigenvalue weighted by Gasteiger charge is 2.21. The second-order valence-electron chi connectivity index (χ2n) is 8.88. The summed E-state index contributed by atoms with van der Waals surface area (Å²) < 4.78 is 13.0. The fraction of sp³-hybridized carbons (Fsp3) is 0.172. The van der Waals surface area contributed by atoms with Gasteiger partial charge in [-0.25, -0.2) is 19.3 Å². The van der Waals surface area contributed by atoms with Gasteiger partial charge < -0.3 is 19.5 Å². The van der Waals surface area contributed by atoms with E-state index in [0.29, 0.717) is 18.9 Å². The number of carbonyl (C=O) groups is 1. The van der Waals surface area contributed by atoms with E-state index in [1.165, 1.54) is 0 Å². The monoisotopic (exact) mass is 507 g/mol. The largest absolute Gasteiger partial charge is 0.496 e. The van der Waals surface area contributed by atoms with Gasteiger partial charge in [0.2, 0.25) is 0 Å². The minimum absolute atomic E-state index is 0.217. The second kappa shape index (κ2) is 9.95. The van der Waals surface area contributed by atoms with E-state index in [-0.39, 0.29) is 5.56 Å². The van der Waals surface area contributed by atoms with Crippen LogP contribution in [0.15, 0.2) is 66.9 Å². The molecule has 1 N–H and O–H groups in total. The van der Waals surface area contributed by atoms with Gasteiger partial charge in [0.15, 0.2) is 5.65 Å². The Morgan fingerprint density at radius 2 is 1.82 bits per heavy atom. The zero-order valence-electron chi connectivity index (χ0n) is 20.7. The predicted molar refractivity (Wildman–Crippen MR) is 146 cm³/mol. The number of morpholine rings is 1. The lowest BCUT2D eigenvalue weighted by atomic mass is 10.1. The SMILES string of the molecule is COc1cc(/C=C/c2nc3c(N4CCOCC4)ccnn3c2-c2ccc(C(=O)O)cc2)nc2ccccc12. The molecule has 3 aromatic heterocycles. The Labute approximate surface area is 218 Å². The van der Waals surface area contributed by atoms with Crippen LogP contribution >= 0.6 is 0 Å². The van der Waals surface area contributed by atoms with Gasteiger partial charge >= 0.3 is 5.97 Å². The van der Waals surface area contributed by atoms with Crippen LogP contribution in [-0.4, -0.2) is 64.1 Å². The summed E-state index contributed by atoms with van der Waals surface area (Å²) >= 11 is 0. The average molecular weight is 508 g/mol. The number of pyridine rings is 1. The number of carboxylic acid groups (broad SMARTS) is 1. The van der Waals surface area contributed by atoms with Crippen LogP contribution in [-0.2, 0) is 4.74 Å². The highest BCUT2D eigenvalue weighted by atomic mass is 16.5. The predicted octanol–water partition coefficient (Wildman–Crippen LogP) is 4.66. The molecular formula is C29H25N5O4. The smallest absolute Gasteiger partial charge is 0.335 e. The molecule has 0 amide bonds. The first kappa shape index (κ1) is 23.6. The number of benzene rings is 2. The molecule has 4 heterocycles. The summed E-state index contributed by atoms with van der Waals surface area (Å²) in [6, 6.07) is 18.4. The van der Waals surface area contributed by atoms with Crippen molar-refractivity contribution in [1.82, 2.24) is 19.6 Å². The molecule has 1 aliphatic rings. The van der Waals surface area contributed by atoms with Gasteiger partial charge in [0.05, 0.1) is 54.7 Å². The zero-order valence-corrected chi connectivity index (χ0v) is 20.7. The van der Waals surface area contributed by atoms with Gasteiger partial charge in [0.25, 0.3) is 0 Å². The molecule has 9 nitrogen and oxygen atoms in total. The van der Waals surface area contributed by atoms with Crippen LogP contribution in [0.3, 0.4) is 0 Å². The van der Waals surface area contributed by atoms with Crippen molar-refractivity contribution in [3.05, 3.63) is 83.8 Å². The fourth-order valence-corrected chi connectivity index (χ4v) is 4.74. The highest BCUT2D eigenvalue weighted by molar-refractivity contribution is 5.90. The lowest BCUT2D eigenvalue weighted by Crippen LogP contribution is -2.36. The van der Waals surface area contributed by atoms with Gasteiger partial charge in [-0.05, 0) is 42.5 Å². The lowest BCUT2D eigenvalue weighted by molar-refractivity contribution is 0.0697. The number of imidazole rings is 1. The second-order valence-corrected chi connectivity index (χ2v) is 8.88. The number of aromatic carboxylic acids is 1. The highest BCUT2D eigenvalue weighted by Crippen LogP contribution is 2.31. The molecule has 0 saturated carbocycles. The van der Waals surface area contributed by atoms with E-state index in [1.807, 2.05) is 53.1 Å². The van der Waals surface area contributed by atoms with Gasteiger partial charge in [-0.2, -0.15) is 5.10 Å². The minimum atomic E-state index is -0.973. The maximum absolute atomic E-state index is 11.4. The van der Waals surface area contributed by atoms with E-state index in [4.69, 9.17) is 19.4 Å². The number of rotatable bonds is 6. The number of hydrogen-bond donors (Lipinski definition) is 1. The van der Waals surface area contributed by atoms with E-state index in [2.05, 4.69) is 10.00 Å². The summed E-state index contributed by atoms with van der Waals surface area (Å²) in [6.07, 6.45) is 5.58. The standard InChI is InChI=1S/C29H25N5O4/c1-37-26-18-21(31-23-5-3-2-4-22(23)26)10-11-24-27(19-6-8-20(9-7-19)29(35)36)34-28(32-24)25(12-13-30-34)33-14-16-38-17-15-33/h2-13,18H,14-17H2,1H3,(H,35,36)/b11-10+. The number of nitrogens with zero attached hydrogens (tertiary/aromatic N) is 5. The molecule has 0 radical (unpaired) electrons. The first-order chi connectivity index (χ1) is 18.6. The van der Waals surface area contributed by atoms with Crippen molar-refractivity contribution in [2.75, 3.05) is 38.3 Å². The van der Waals surface area contributed by atoms with E-state index < -0.39 is 5.97 Å². The first-order valence-electron chi connectivity index (χ1n) is 12.3. The lowest BCUT2D eigenvalue weighted by Gasteiger charge is -2.28. The maximum atomic E-state index is 11.4. The molecule has 0 atom stereocenters. The van der Waals surface area contributed by atoms with Crippen LogP contribution in [0, 0.1) is 0 Å². The Bertz CT molecular complexity index is 1670. The summed E-state index contributed by atoms with van der Waals surface area (Å²) in [4.78, 5) is 23.4. The molecule has 0 bridgehead atoms. The third-order valence-electron chi connectivity index (χ3n) is 6.61. The zero-order chi connectivity index (χ0) is 26.1. The van der Waals surface area contributed by atoms with Crippen LogP contribution in [0.25, 0.3) is 40.0 Å². The summed E-state index contributed by atoms with van der Waals surface area (Å²) in [5.74, 6) is -0.232. The van der Waals surface area contributed by atoms with Crippen LogP contribution in [0.4, 0.5) is 5.69 Å². The van der Waals surface area contributed by atoms with Crippen molar-refractivity contribution < 1.29 is 19.4 Å². The van der Waals surface area contributed by atoms with Crippen LogP contribution in [0.1, 0.15) is 21.7 Å². The number of hydrogen-bond acceptors (Lipinski definition) is 7. The van der Waals surface area contributed by atoms with E-state index in [9.17, 15) is 9.90 Å². The Kier molecular flexibility index (Phi) is 6.19. The molecule has 190 valence electrons. The molecule has 9 heteroatoms. The molecule has 0 spiro atoms. The van der Waals surface area contributed by atoms with Gasteiger partial charge in [-0.15, -0.1) is 0 Å². The molecule has 2 aromatic carbocycles.